The zero-order chi connectivity index (χ0) is 23.6. The van der Waals surface area contributed by atoms with Crippen molar-refractivity contribution in [3.05, 3.63) is 71.0 Å². The minimum atomic E-state index is -4.58. The van der Waals surface area contributed by atoms with E-state index in [1.54, 1.807) is 31.2 Å². The van der Waals surface area contributed by atoms with E-state index in [2.05, 4.69) is 20.4 Å². The SMILES string of the molecule is CCn1c(SCC(=O)Nc2cc(C(F)(F)F)ccc2-n2cncn2)nc2ccccc2c1=O. The van der Waals surface area contributed by atoms with Crippen molar-refractivity contribution >= 4 is 34.3 Å². The Labute approximate surface area is 189 Å². The van der Waals surface area contributed by atoms with E-state index in [0.29, 0.717) is 22.6 Å². The fourth-order valence-electron chi connectivity index (χ4n) is 3.20. The van der Waals surface area contributed by atoms with Crippen LogP contribution in [-0.2, 0) is 17.5 Å². The molecule has 2 heterocycles. The summed E-state index contributed by atoms with van der Waals surface area (Å²) < 4.78 is 42.3. The normalized spacial score (nSPS) is 11.6. The molecule has 0 bridgehead atoms. The third-order valence-corrected chi connectivity index (χ3v) is 5.72. The number of nitrogens with zero attached hydrogens (tertiary/aromatic N) is 5. The molecule has 4 rings (SSSR count). The molecule has 0 aliphatic heterocycles. The lowest BCUT2D eigenvalue weighted by atomic mass is 10.1. The van der Waals surface area contributed by atoms with Crippen LogP contribution in [0.3, 0.4) is 0 Å². The number of hydrogen-bond donors (Lipinski definition) is 1. The maximum absolute atomic E-state index is 13.2. The van der Waals surface area contributed by atoms with Crippen molar-refractivity contribution in [3.63, 3.8) is 0 Å². The third-order valence-electron chi connectivity index (χ3n) is 4.74. The van der Waals surface area contributed by atoms with E-state index in [1.807, 2.05) is 0 Å². The maximum Gasteiger partial charge on any atom is 0.416 e. The number of para-hydroxylation sites is 1. The lowest BCUT2D eigenvalue weighted by Crippen LogP contribution is -2.23. The molecule has 0 saturated heterocycles. The van der Waals surface area contributed by atoms with Crippen LogP contribution in [0.25, 0.3) is 16.6 Å². The fourth-order valence-corrected chi connectivity index (χ4v) is 4.06. The van der Waals surface area contributed by atoms with Gasteiger partial charge in [-0.25, -0.2) is 14.6 Å². The van der Waals surface area contributed by atoms with E-state index in [9.17, 15) is 22.8 Å². The van der Waals surface area contributed by atoms with Gasteiger partial charge in [-0.3, -0.25) is 14.2 Å². The van der Waals surface area contributed by atoms with Crippen LogP contribution in [0, 0.1) is 0 Å². The largest absolute Gasteiger partial charge is 0.416 e. The summed E-state index contributed by atoms with van der Waals surface area (Å²) in [5.74, 6) is -0.733. The highest BCUT2D eigenvalue weighted by Crippen LogP contribution is 2.33. The number of aromatic nitrogens is 5. The molecule has 0 radical (unpaired) electrons. The van der Waals surface area contributed by atoms with Gasteiger partial charge in [0.05, 0.1) is 33.6 Å². The number of hydrogen-bond acceptors (Lipinski definition) is 6. The number of alkyl halides is 3. The quantitative estimate of drug-likeness (QED) is 0.338. The number of fused-ring (bicyclic) bond motifs is 1. The molecule has 2 aromatic heterocycles. The van der Waals surface area contributed by atoms with Gasteiger partial charge in [-0.2, -0.15) is 18.3 Å². The molecular weight excluding hydrogens is 457 g/mol. The van der Waals surface area contributed by atoms with Crippen LogP contribution in [0.5, 0.6) is 0 Å². The number of rotatable bonds is 6. The summed E-state index contributed by atoms with van der Waals surface area (Å²) in [6, 6.07) is 9.83. The Hall–Kier alpha value is -3.67. The molecule has 8 nitrogen and oxygen atoms in total. The van der Waals surface area contributed by atoms with Crippen molar-refractivity contribution in [1.29, 1.82) is 0 Å². The Morgan fingerprint density at radius 1 is 1.18 bits per heavy atom. The Bertz CT molecular complexity index is 1370. The first-order valence-corrected chi connectivity index (χ1v) is 10.7. The van der Waals surface area contributed by atoms with E-state index in [-0.39, 0.29) is 22.7 Å². The number of nitrogens with one attached hydrogen (secondary N) is 1. The summed E-state index contributed by atoms with van der Waals surface area (Å²) in [6.45, 7) is 2.14. The topological polar surface area (TPSA) is 94.7 Å². The molecule has 0 saturated carbocycles. The summed E-state index contributed by atoms with van der Waals surface area (Å²) in [6.07, 6.45) is -2.04. The highest BCUT2D eigenvalue weighted by molar-refractivity contribution is 7.99. The first-order valence-electron chi connectivity index (χ1n) is 9.76. The van der Waals surface area contributed by atoms with Crippen LogP contribution < -0.4 is 10.9 Å². The fraction of sp³-hybridized carbons (Fsp3) is 0.190. The number of benzene rings is 2. The van der Waals surface area contributed by atoms with Crippen LogP contribution in [0.4, 0.5) is 18.9 Å². The minimum absolute atomic E-state index is 0.0692. The van der Waals surface area contributed by atoms with Gasteiger partial charge in [-0.1, -0.05) is 23.9 Å². The average Bonchev–Trinajstić information content (AvgIpc) is 3.32. The van der Waals surface area contributed by atoms with E-state index in [1.165, 1.54) is 28.0 Å². The van der Waals surface area contributed by atoms with Crippen molar-refractivity contribution in [2.24, 2.45) is 0 Å². The zero-order valence-corrected chi connectivity index (χ0v) is 18.0. The van der Waals surface area contributed by atoms with Crippen molar-refractivity contribution < 1.29 is 18.0 Å². The number of thioether (sulfide) groups is 1. The molecule has 0 atom stereocenters. The second-order valence-corrected chi connectivity index (χ2v) is 7.81. The summed E-state index contributed by atoms with van der Waals surface area (Å²) in [7, 11) is 0. The van der Waals surface area contributed by atoms with Crippen LogP contribution in [0.15, 0.2) is 65.1 Å². The molecule has 0 aliphatic rings. The Morgan fingerprint density at radius 2 is 1.97 bits per heavy atom. The van der Waals surface area contributed by atoms with Crippen molar-refractivity contribution in [1.82, 2.24) is 24.3 Å². The highest BCUT2D eigenvalue weighted by Gasteiger charge is 2.31. The minimum Gasteiger partial charge on any atom is -0.323 e. The number of carbonyl (C=O) groups excluding carboxylic acids is 1. The summed E-state index contributed by atoms with van der Waals surface area (Å²) in [4.78, 5) is 33.6. The molecule has 33 heavy (non-hydrogen) atoms. The number of carbonyl (C=O) groups is 1. The molecule has 0 unspecified atom stereocenters. The van der Waals surface area contributed by atoms with E-state index in [0.717, 1.165) is 23.9 Å². The predicted molar refractivity (Wildman–Crippen MR) is 117 cm³/mol. The second kappa shape index (κ2) is 9.06. The molecule has 0 spiro atoms. The van der Waals surface area contributed by atoms with Gasteiger partial charge < -0.3 is 5.32 Å². The van der Waals surface area contributed by atoms with Gasteiger partial charge in [0.25, 0.3) is 5.56 Å². The number of amides is 1. The lowest BCUT2D eigenvalue weighted by Gasteiger charge is -2.15. The predicted octanol–water partition coefficient (Wildman–Crippen LogP) is 3.75. The van der Waals surface area contributed by atoms with Crippen LogP contribution in [0.2, 0.25) is 0 Å². The van der Waals surface area contributed by atoms with Crippen molar-refractivity contribution in [2.45, 2.75) is 24.8 Å². The van der Waals surface area contributed by atoms with Crippen LogP contribution in [0.1, 0.15) is 12.5 Å². The third kappa shape index (κ3) is 4.75. The first-order chi connectivity index (χ1) is 15.8. The average molecular weight is 474 g/mol. The summed E-state index contributed by atoms with van der Waals surface area (Å²) in [5, 5.41) is 7.24. The van der Waals surface area contributed by atoms with Gasteiger partial charge in [-0.15, -0.1) is 0 Å². The van der Waals surface area contributed by atoms with E-state index >= 15 is 0 Å². The van der Waals surface area contributed by atoms with Gasteiger partial charge in [0.2, 0.25) is 5.91 Å². The standard InChI is InChI=1S/C21H17F3N6O2S/c1-2-29-19(32)14-5-3-4-6-15(14)28-20(29)33-10-18(31)27-16-9-13(21(22,23)24)7-8-17(16)30-12-25-11-26-30/h3-9,11-12H,2,10H2,1H3,(H,27,31). The number of halogens is 3. The monoisotopic (exact) mass is 474 g/mol. The second-order valence-electron chi connectivity index (χ2n) is 6.87. The number of anilines is 1. The van der Waals surface area contributed by atoms with Gasteiger partial charge in [0.1, 0.15) is 12.7 Å². The van der Waals surface area contributed by atoms with Crippen LogP contribution >= 0.6 is 11.8 Å². The van der Waals surface area contributed by atoms with E-state index in [4.69, 9.17) is 0 Å². The van der Waals surface area contributed by atoms with Crippen molar-refractivity contribution in [3.8, 4) is 5.69 Å². The smallest absolute Gasteiger partial charge is 0.323 e. The Kier molecular flexibility index (Phi) is 6.18. The zero-order valence-electron chi connectivity index (χ0n) is 17.2. The van der Waals surface area contributed by atoms with Crippen molar-refractivity contribution in [2.75, 3.05) is 11.1 Å². The first kappa shape index (κ1) is 22.5. The molecule has 0 aliphatic carbocycles. The molecule has 4 aromatic rings. The Morgan fingerprint density at radius 3 is 2.67 bits per heavy atom. The summed E-state index contributed by atoms with van der Waals surface area (Å²) in [5.41, 5.74) is -0.474. The molecule has 1 amide bonds. The molecule has 0 fully saturated rings. The lowest BCUT2D eigenvalue weighted by molar-refractivity contribution is -0.137. The van der Waals surface area contributed by atoms with E-state index < -0.39 is 17.6 Å². The van der Waals surface area contributed by atoms with Crippen LogP contribution in [-0.4, -0.2) is 36.0 Å². The Balaban J connectivity index is 1.59. The molecule has 12 heteroatoms. The van der Waals surface area contributed by atoms with Gasteiger partial charge >= 0.3 is 6.18 Å². The maximum atomic E-state index is 13.2. The summed E-state index contributed by atoms with van der Waals surface area (Å²) >= 11 is 1.02. The molecular formula is C21H17F3N6O2S. The molecule has 2 aromatic carbocycles. The van der Waals surface area contributed by atoms with Gasteiger partial charge in [0, 0.05) is 6.54 Å². The molecule has 1 N–H and O–H groups in total. The molecule has 170 valence electrons. The van der Waals surface area contributed by atoms with Gasteiger partial charge in [-0.05, 0) is 37.3 Å². The highest BCUT2D eigenvalue weighted by atomic mass is 32.2. The van der Waals surface area contributed by atoms with Gasteiger partial charge in [0.15, 0.2) is 5.16 Å².